The third-order valence-corrected chi connectivity index (χ3v) is 3.08. The molecule has 2 aromatic rings. The van der Waals surface area contributed by atoms with E-state index in [1.54, 1.807) is 0 Å². The van der Waals surface area contributed by atoms with Gasteiger partial charge in [-0.25, -0.2) is 4.98 Å². The number of hydrogen-bond donors (Lipinski definition) is 1. The van der Waals surface area contributed by atoms with Crippen LogP contribution in [0.5, 0.6) is 0 Å². The lowest BCUT2D eigenvalue weighted by atomic mass is 10.3. The van der Waals surface area contributed by atoms with E-state index in [1.807, 2.05) is 30.7 Å². The van der Waals surface area contributed by atoms with Gasteiger partial charge in [-0.2, -0.15) is 0 Å². The second-order valence-corrected chi connectivity index (χ2v) is 4.20. The fourth-order valence-corrected chi connectivity index (χ4v) is 2.12. The van der Waals surface area contributed by atoms with Crippen LogP contribution in [-0.4, -0.2) is 35.7 Å². The van der Waals surface area contributed by atoms with Gasteiger partial charge in [-0.05, 0) is 24.3 Å². The van der Waals surface area contributed by atoms with Crippen LogP contribution in [0.1, 0.15) is 0 Å². The number of anilines is 1. The number of pyridine rings is 1. The Morgan fingerprint density at radius 2 is 1.82 bits per heavy atom. The summed E-state index contributed by atoms with van der Waals surface area (Å²) in [5.74, 6) is 1.07. The zero-order valence-corrected chi connectivity index (χ0v) is 9.71. The molecule has 1 N–H and O–H groups in total. The van der Waals surface area contributed by atoms with Crippen molar-refractivity contribution in [3.8, 4) is 5.69 Å². The van der Waals surface area contributed by atoms with E-state index < -0.39 is 0 Å². The minimum Gasteiger partial charge on any atom is -0.354 e. The molecule has 0 spiro atoms. The van der Waals surface area contributed by atoms with Gasteiger partial charge in [-0.15, -0.1) is 0 Å². The highest BCUT2D eigenvalue weighted by Gasteiger charge is 2.11. The SMILES string of the molecule is c1ccn(-c2ccc(N3CCNCC3)nc2)c1. The standard InChI is InChI=1S/C13H16N4/c1-2-8-16(7-1)12-3-4-13(15-11-12)17-9-5-14-6-10-17/h1-4,7-8,11,14H,5-6,9-10H2. The van der Waals surface area contributed by atoms with Gasteiger partial charge in [0, 0.05) is 38.6 Å². The van der Waals surface area contributed by atoms with Gasteiger partial charge in [0.15, 0.2) is 0 Å². The topological polar surface area (TPSA) is 33.1 Å². The van der Waals surface area contributed by atoms with Gasteiger partial charge < -0.3 is 14.8 Å². The minimum absolute atomic E-state index is 1.04. The molecule has 2 aromatic heterocycles. The van der Waals surface area contributed by atoms with E-state index in [9.17, 15) is 0 Å². The van der Waals surface area contributed by atoms with Crippen molar-refractivity contribution in [2.24, 2.45) is 0 Å². The van der Waals surface area contributed by atoms with Crippen molar-refractivity contribution in [2.45, 2.75) is 0 Å². The van der Waals surface area contributed by atoms with Crippen molar-refractivity contribution < 1.29 is 0 Å². The van der Waals surface area contributed by atoms with E-state index in [0.29, 0.717) is 0 Å². The van der Waals surface area contributed by atoms with E-state index in [-0.39, 0.29) is 0 Å². The van der Waals surface area contributed by atoms with Gasteiger partial charge in [-0.3, -0.25) is 0 Å². The average molecular weight is 228 g/mol. The van der Waals surface area contributed by atoms with Crippen molar-refractivity contribution in [2.75, 3.05) is 31.1 Å². The Balaban J connectivity index is 1.80. The van der Waals surface area contributed by atoms with Gasteiger partial charge in [0.05, 0.1) is 11.9 Å². The summed E-state index contributed by atoms with van der Waals surface area (Å²) in [5, 5.41) is 3.34. The molecule has 1 aliphatic rings. The van der Waals surface area contributed by atoms with Crippen molar-refractivity contribution in [3.63, 3.8) is 0 Å². The van der Waals surface area contributed by atoms with Crippen LogP contribution < -0.4 is 10.2 Å². The van der Waals surface area contributed by atoms with Gasteiger partial charge in [0.2, 0.25) is 0 Å². The second-order valence-electron chi connectivity index (χ2n) is 4.20. The zero-order chi connectivity index (χ0) is 11.5. The molecule has 0 radical (unpaired) electrons. The predicted octanol–water partition coefficient (Wildman–Crippen LogP) is 1.28. The first-order valence-electron chi connectivity index (χ1n) is 5.98. The van der Waals surface area contributed by atoms with Crippen molar-refractivity contribution in [1.82, 2.24) is 14.9 Å². The predicted molar refractivity (Wildman–Crippen MR) is 68.6 cm³/mol. The summed E-state index contributed by atoms with van der Waals surface area (Å²) in [5.41, 5.74) is 1.11. The number of aromatic nitrogens is 2. The maximum Gasteiger partial charge on any atom is 0.128 e. The first-order valence-corrected chi connectivity index (χ1v) is 5.98. The average Bonchev–Trinajstić information content (AvgIpc) is 2.94. The largest absolute Gasteiger partial charge is 0.354 e. The van der Waals surface area contributed by atoms with Crippen LogP contribution in [0.3, 0.4) is 0 Å². The summed E-state index contributed by atoms with van der Waals surface area (Å²) in [7, 11) is 0. The zero-order valence-electron chi connectivity index (χ0n) is 9.71. The minimum atomic E-state index is 1.04. The van der Waals surface area contributed by atoms with Crippen LogP contribution in [0.4, 0.5) is 5.82 Å². The third kappa shape index (κ3) is 2.17. The van der Waals surface area contributed by atoms with Crippen LogP contribution >= 0.6 is 0 Å². The highest BCUT2D eigenvalue weighted by atomic mass is 15.2. The molecule has 3 heterocycles. The van der Waals surface area contributed by atoms with E-state index >= 15 is 0 Å². The van der Waals surface area contributed by atoms with Gasteiger partial charge in [-0.1, -0.05) is 0 Å². The molecule has 0 bridgehead atoms. The fraction of sp³-hybridized carbons (Fsp3) is 0.308. The smallest absolute Gasteiger partial charge is 0.128 e. The quantitative estimate of drug-likeness (QED) is 0.840. The maximum atomic E-state index is 4.54. The van der Waals surface area contributed by atoms with E-state index in [0.717, 1.165) is 37.7 Å². The molecule has 4 heteroatoms. The first kappa shape index (κ1) is 10.4. The molecule has 4 nitrogen and oxygen atoms in total. The Labute approximate surface area is 101 Å². The lowest BCUT2D eigenvalue weighted by Crippen LogP contribution is -2.43. The van der Waals surface area contributed by atoms with Crippen LogP contribution in [0.25, 0.3) is 5.69 Å². The van der Waals surface area contributed by atoms with E-state index in [1.165, 1.54) is 0 Å². The summed E-state index contributed by atoms with van der Waals surface area (Å²) < 4.78 is 2.06. The van der Waals surface area contributed by atoms with Gasteiger partial charge in [0.1, 0.15) is 5.82 Å². The number of nitrogens with one attached hydrogen (secondary N) is 1. The summed E-state index contributed by atoms with van der Waals surface area (Å²) in [6.45, 7) is 4.16. The van der Waals surface area contributed by atoms with Crippen LogP contribution in [0.15, 0.2) is 42.9 Å². The maximum absolute atomic E-state index is 4.54. The summed E-state index contributed by atoms with van der Waals surface area (Å²) in [4.78, 5) is 6.85. The van der Waals surface area contributed by atoms with Crippen molar-refractivity contribution in [3.05, 3.63) is 42.9 Å². The van der Waals surface area contributed by atoms with Gasteiger partial charge in [0.25, 0.3) is 0 Å². The molecule has 1 aliphatic heterocycles. The van der Waals surface area contributed by atoms with Crippen LogP contribution in [0, 0.1) is 0 Å². The molecule has 0 amide bonds. The molecule has 0 atom stereocenters. The molecular formula is C13H16N4. The summed E-state index contributed by atoms with van der Waals surface area (Å²) in [6, 6.07) is 8.25. The Morgan fingerprint density at radius 3 is 2.47 bits per heavy atom. The molecule has 0 saturated carbocycles. The monoisotopic (exact) mass is 228 g/mol. The molecule has 1 fully saturated rings. The summed E-state index contributed by atoms with van der Waals surface area (Å²) >= 11 is 0. The highest BCUT2D eigenvalue weighted by molar-refractivity contribution is 5.43. The molecule has 1 saturated heterocycles. The first-order chi connectivity index (χ1) is 8.43. The Kier molecular flexibility index (Phi) is 2.80. The molecular weight excluding hydrogens is 212 g/mol. The Morgan fingerprint density at radius 1 is 1.06 bits per heavy atom. The van der Waals surface area contributed by atoms with Crippen molar-refractivity contribution >= 4 is 5.82 Å². The van der Waals surface area contributed by atoms with E-state index in [4.69, 9.17) is 0 Å². The Hall–Kier alpha value is -1.81. The molecule has 88 valence electrons. The lowest BCUT2D eigenvalue weighted by molar-refractivity contribution is 0.585. The third-order valence-electron chi connectivity index (χ3n) is 3.08. The lowest BCUT2D eigenvalue weighted by Gasteiger charge is -2.28. The van der Waals surface area contributed by atoms with Crippen molar-refractivity contribution in [1.29, 1.82) is 0 Å². The molecule has 0 aromatic carbocycles. The second kappa shape index (κ2) is 4.59. The fourth-order valence-electron chi connectivity index (χ4n) is 2.12. The highest BCUT2D eigenvalue weighted by Crippen LogP contribution is 2.14. The molecule has 3 rings (SSSR count). The van der Waals surface area contributed by atoms with E-state index in [2.05, 4.69) is 31.9 Å². The Bertz CT molecular complexity index is 455. The number of piperazine rings is 1. The molecule has 17 heavy (non-hydrogen) atoms. The van der Waals surface area contributed by atoms with Crippen LogP contribution in [0.2, 0.25) is 0 Å². The van der Waals surface area contributed by atoms with Crippen LogP contribution in [-0.2, 0) is 0 Å². The van der Waals surface area contributed by atoms with Gasteiger partial charge >= 0.3 is 0 Å². The normalized spacial score (nSPS) is 16.1. The number of hydrogen-bond acceptors (Lipinski definition) is 3. The number of rotatable bonds is 2. The molecule has 0 aliphatic carbocycles. The molecule has 0 unspecified atom stereocenters. The summed E-state index contributed by atoms with van der Waals surface area (Å²) in [6.07, 6.45) is 5.99. The number of nitrogens with zero attached hydrogens (tertiary/aromatic N) is 3.